The number of rotatable bonds is 7. The van der Waals surface area contributed by atoms with E-state index in [9.17, 15) is 14.8 Å². The highest BCUT2D eigenvalue weighted by Crippen LogP contribution is 2.22. The van der Waals surface area contributed by atoms with Crippen LogP contribution in [0.25, 0.3) is 0 Å². The molecule has 0 aliphatic carbocycles. The molecule has 1 unspecified atom stereocenters. The zero-order chi connectivity index (χ0) is 18.2. The second-order valence-electron chi connectivity index (χ2n) is 5.41. The summed E-state index contributed by atoms with van der Waals surface area (Å²) in [4.78, 5) is 22.6. The van der Waals surface area contributed by atoms with Crippen LogP contribution in [0.15, 0.2) is 54.6 Å². The zero-order valence-electron chi connectivity index (χ0n) is 13.9. The molecule has 0 saturated carbocycles. The molecule has 0 aliphatic heterocycles. The van der Waals surface area contributed by atoms with Crippen molar-refractivity contribution in [1.29, 1.82) is 0 Å². The van der Waals surface area contributed by atoms with E-state index < -0.39 is 11.9 Å². The van der Waals surface area contributed by atoms with E-state index in [-0.39, 0.29) is 19.2 Å². The number of benzene rings is 2. The van der Waals surface area contributed by atoms with Crippen LogP contribution in [0, 0.1) is 0 Å². The van der Waals surface area contributed by atoms with Gasteiger partial charge in [0.1, 0.15) is 11.9 Å². The Morgan fingerprint density at radius 3 is 2.40 bits per heavy atom. The number of ether oxygens (including phenoxy) is 1. The molecule has 132 valence electrons. The lowest BCUT2D eigenvalue weighted by Crippen LogP contribution is -2.38. The Morgan fingerprint density at radius 1 is 1.16 bits per heavy atom. The van der Waals surface area contributed by atoms with Crippen molar-refractivity contribution in [3.05, 3.63) is 65.7 Å². The lowest BCUT2D eigenvalue weighted by atomic mass is 10.1. The predicted octanol–water partition coefficient (Wildman–Crippen LogP) is 2.33. The van der Waals surface area contributed by atoms with Gasteiger partial charge in [0.2, 0.25) is 0 Å². The summed E-state index contributed by atoms with van der Waals surface area (Å²) < 4.78 is 5.84. The number of hydroxylamine groups is 2. The molecule has 0 spiro atoms. The van der Waals surface area contributed by atoms with Crippen molar-refractivity contribution in [1.82, 2.24) is 10.4 Å². The standard InChI is InChI=1S/C18H21N3O4/c1-13(14-5-3-2-4-6-14)25-16-9-7-15(8-10-16)17(22)21(24)12-11-20-18(19)23/h2-10,13,24H,11-12H2,1H3,(H3,19,20,23). The van der Waals surface area contributed by atoms with Crippen molar-refractivity contribution in [2.24, 2.45) is 5.73 Å². The maximum atomic E-state index is 12.1. The molecule has 0 aromatic heterocycles. The van der Waals surface area contributed by atoms with Crippen LogP contribution in [0.4, 0.5) is 4.79 Å². The molecule has 7 heteroatoms. The van der Waals surface area contributed by atoms with Gasteiger partial charge in [-0.1, -0.05) is 30.3 Å². The van der Waals surface area contributed by atoms with Gasteiger partial charge in [0, 0.05) is 12.1 Å². The van der Waals surface area contributed by atoms with E-state index in [2.05, 4.69) is 5.32 Å². The van der Waals surface area contributed by atoms with Crippen LogP contribution in [0.5, 0.6) is 5.75 Å². The van der Waals surface area contributed by atoms with E-state index >= 15 is 0 Å². The predicted molar refractivity (Wildman–Crippen MR) is 92.3 cm³/mol. The topological polar surface area (TPSA) is 105 Å². The molecule has 4 N–H and O–H groups in total. The van der Waals surface area contributed by atoms with Gasteiger partial charge in [-0.15, -0.1) is 0 Å². The summed E-state index contributed by atoms with van der Waals surface area (Å²) in [5, 5.41) is 12.5. The minimum atomic E-state index is -0.713. The molecular weight excluding hydrogens is 322 g/mol. The maximum Gasteiger partial charge on any atom is 0.312 e. The first-order valence-corrected chi connectivity index (χ1v) is 7.83. The van der Waals surface area contributed by atoms with Crippen molar-refractivity contribution in [2.75, 3.05) is 13.1 Å². The van der Waals surface area contributed by atoms with Gasteiger partial charge >= 0.3 is 6.03 Å². The van der Waals surface area contributed by atoms with Crippen LogP contribution in [0.2, 0.25) is 0 Å². The Labute approximate surface area is 146 Å². The Bertz CT molecular complexity index is 704. The van der Waals surface area contributed by atoms with Crippen LogP contribution >= 0.6 is 0 Å². The minimum absolute atomic E-state index is 0.0629. The lowest BCUT2D eigenvalue weighted by molar-refractivity contribution is -0.0564. The SMILES string of the molecule is CC(Oc1ccc(C(=O)N(O)CCNC(N)=O)cc1)c1ccccc1. The number of nitrogens with two attached hydrogens (primary N) is 1. The first-order valence-electron chi connectivity index (χ1n) is 7.83. The number of hydrogen-bond acceptors (Lipinski definition) is 4. The minimum Gasteiger partial charge on any atom is -0.486 e. The van der Waals surface area contributed by atoms with Gasteiger partial charge in [-0.3, -0.25) is 10.0 Å². The van der Waals surface area contributed by atoms with Gasteiger partial charge in [0.15, 0.2) is 0 Å². The Kier molecular flexibility index (Phi) is 6.36. The van der Waals surface area contributed by atoms with Crippen molar-refractivity contribution >= 4 is 11.9 Å². The summed E-state index contributed by atoms with van der Waals surface area (Å²) in [7, 11) is 0. The molecule has 2 rings (SSSR count). The molecule has 0 aliphatic rings. The second kappa shape index (κ2) is 8.70. The summed E-state index contributed by atoms with van der Waals surface area (Å²) in [6, 6.07) is 15.6. The van der Waals surface area contributed by atoms with Gasteiger partial charge in [0.25, 0.3) is 5.91 Å². The van der Waals surface area contributed by atoms with Crippen molar-refractivity contribution in [2.45, 2.75) is 13.0 Å². The number of carbonyl (C=O) groups excluding carboxylic acids is 2. The number of nitrogens with one attached hydrogen (secondary N) is 1. The normalized spacial score (nSPS) is 11.4. The van der Waals surface area contributed by atoms with Gasteiger partial charge in [0.05, 0.1) is 6.54 Å². The quantitative estimate of drug-likeness (QED) is 0.530. The third-order valence-corrected chi connectivity index (χ3v) is 3.54. The molecule has 3 amide bonds. The molecule has 2 aromatic carbocycles. The molecule has 0 radical (unpaired) electrons. The average molecular weight is 343 g/mol. The largest absolute Gasteiger partial charge is 0.486 e. The highest BCUT2D eigenvalue weighted by Gasteiger charge is 2.14. The van der Waals surface area contributed by atoms with E-state index in [4.69, 9.17) is 10.5 Å². The van der Waals surface area contributed by atoms with Crippen LogP contribution in [-0.2, 0) is 0 Å². The molecular formula is C18H21N3O4. The van der Waals surface area contributed by atoms with Gasteiger partial charge < -0.3 is 15.8 Å². The number of carbonyl (C=O) groups is 2. The summed E-state index contributed by atoms with van der Waals surface area (Å²) in [6.07, 6.45) is -0.128. The third-order valence-electron chi connectivity index (χ3n) is 3.54. The lowest BCUT2D eigenvalue weighted by Gasteiger charge is -2.17. The van der Waals surface area contributed by atoms with E-state index in [0.29, 0.717) is 16.4 Å². The number of primary amides is 1. The molecule has 25 heavy (non-hydrogen) atoms. The number of nitrogens with zero attached hydrogens (tertiary/aromatic N) is 1. The number of hydrogen-bond donors (Lipinski definition) is 3. The zero-order valence-corrected chi connectivity index (χ0v) is 13.9. The summed E-state index contributed by atoms with van der Waals surface area (Å²) in [5.41, 5.74) is 6.27. The van der Waals surface area contributed by atoms with Crippen molar-refractivity contribution in [3.63, 3.8) is 0 Å². The van der Waals surface area contributed by atoms with E-state index in [0.717, 1.165) is 5.56 Å². The third kappa shape index (κ3) is 5.50. The second-order valence-corrected chi connectivity index (χ2v) is 5.41. The van der Waals surface area contributed by atoms with Crippen LogP contribution in [0.3, 0.4) is 0 Å². The fourth-order valence-electron chi connectivity index (χ4n) is 2.21. The monoisotopic (exact) mass is 343 g/mol. The van der Waals surface area contributed by atoms with E-state index in [1.807, 2.05) is 37.3 Å². The smallest absolute Gasteiger partial charge is 0.312 e. The molecule has 7 nitrogen and oxygen atoms in total. The highest BCUT2D eigenvalue weighted by atomic mass is 16.5. The van der Waals surface area contributed by atoms with Crippen LogP contribution in [0.1, 0.15) is 28.9 Å². The molecule has 0 fully saturated rings. The van der Waals surface area contributed by atoms with E-state index in [1.165, 1.54) is 0 Å². The Hall–Kier alpha value is -3.06. The Balaban J connectivity index is 1.92. The fourth-order valence-corrected chi connectivity index (χ4v) is 2.21. The molecule has 2 aromatic rings. The molecule has 0 saturated heterocycles. The summed E-state index contributed by atoms with van der Waals surface area (Å²) >= 11 is 0. The molecule has 1 atom stereocenters. The van der Waals surface area contributed by atoms with Crippen LogP contribution < -0.4 is 15.8 Å². The first-order chi connectivity index (χ1) is 12.0. The number of urea groups is 1. The Morgan fingerprint density at radius 2 is 1.80 bits per heavy atom. The number of amides is 3. The van der Waals surface area contributed by atoms with Gasteiger partial charge in [-0.05, 0) is 36.8 Å². The molecule has 0 bridgehead atoms. The van der Waals surface area contributed by atoms with E-state index in [1.54, 1.807) is 24.3 Å². The van der Waals surface area contributed by atoms with Gasteiger partial charge in [-0.2, -0.15) is 0 Å². The van der Waals surface area contributed by atoms with Crippen LogP contribution in [-0.4, -0.2) is 35.3 Å². The highest BCUT2D eigenvalue weighted by molar-refractivity contribution is 5.93. The summed E-state index contributed by atoms with van der Waals surface area (Å²) in [5.74, 6) is 0.0433. The first kappa shape index (κ1) is 18.3. The summed E-state index contributed by atoms with van der Waals surface area (Å²) in [6.45, 7) is 1.94. The fraction of sp³-hybridized carbons (Fsp3) is 0.222. The molecule has 0 heterocycles. The average Bonchev–Trinajstić information content (AvgIpc) is 2.62. The maximum absolute atomic E-state index is 12.1. The van der Waals surface area contributed by atoms with Crippen molar-refractivity contribution in [3.8, 4) is 5.75 Å². The van der Waals surface area contributed by atoms with Crippen molar-refractivity contribution < 1.29 is 19.5 Å². The van der Waals surface area contributed by atoms with Gasteiger partial charge in [-0.25, -0.2) is 9.86 Å².